The van der Waals surface area contributed by atoms with Crippen LogP contribution >= 0.6 is 0 Å². The highest BCUT2D eigenvalue weighted by Gasteiger charge is 2.29. The number of methoxy groups -OCH3 is 1. The number of carbonyl (C=O) groups excluding carboxylic acids is 1. The van der Waals surface area contributed by atoms with Crippen LogP contribution in [-0.4, -0.2) is 59.8 Å². The summed E-state index contributed by atoms with van der Waals surface area (Å²) in [5.74, 6) is 0.134. The number of hydrogen-bond acceptors (Lipinski definition) is 5. The van der Waals surface area contributed by atoms with Gasteiger partial charge in [-0.3, -0.25) is 4.79 Å². The molecular weight excluding hydrogens is 252 g/mol. The first-order valence-electron chi connectivity index (χ1n) is 5.75. The number of aromatic nitrogens is 1. The molecule has 0 spiro atoms. The first-order valence-corrected chi connectivity index (χ1v) is 5.75. The van der Waals surface area contributed by atoms with Crippen LogP contribution in [0.2, 0.25) is 0 Å². The van der Waals surface area contributed by atoms with E-state index in [4.69, 9.17) is 14.6 Å². The average Bonchev–Trinajstić information content (AvgIpc) is 2.46. The van der Waals surface area contributed by atoms with E-state index in [1.165, 1.54) is 18.2 Å². The second-order valence-corrected chi connectivity index (χ2v) is 4.04. The fourth-order valence-electron chi connectivity index (χ4n) is 1.81. The minimum atomic E-state index is -1.05. The molecule has 0 unspecified atom stereocenters. The summed E-state index contributed by atoms with van der Waals surface area (Å²) in [4.78, 5) is 28.1. The molecule has 19 heavy (non-hydrogen) atoms. The molecule has 1 N–H and O–H groups in total. The van der Waals surface area contributed by atoms with Crippen molar-refractivity contribution < 1.29 is 24.2 Å². The molecule has 1 aliphatic rings. The number of ether oxygens (including phenoxy) is 2. The number of morpholine rings is 1. The van der Waals surface area contributed by atoms with Crippen molar-refractivity contribution in [1.29, 1.82) is 0 Å². The van der Waals surface area contributed by atoms with Gasteiger partial charge in [0.25, 0.3) is 0 Å². The van der Waals surface area contributed by atoms with Crippen LogP contribution in [0.5, 0.6) is 5.88 Å². The predicted molar refractivity (Wildman–Crippen MR) is 64.5 cm³/mol. The zero-order valence-electron chi connectivity index (χ0n) is 10.4. The van der Waals surface area contributed by atoms with Gasteiger partial charge >= 0.3 is 6.09 Å². The highest BCUT2D eigenvalue weighted by Crippen LogP contribution is 2.13. The Morgan fingerprint density at radius 1 is 1.53 bits per heavy atom. The molecule has 2 heterocycles. The molecule has 0 saturated carbocycles. The smallest absolute Gasteiger partial charge is 0.407 e. The monoisotopic (exact) mass is 266 g/mol. The quantitative estimate of drug-likeness (QED) is 0.808. The molecule has 1 saturated heterocycles. The molecule has 1 atom stereocenters. The van der Waals surface area contributed by atoms with Crippen molar-refractivity contribution in [2.24, 2.45) is 0 Å². The van der Waals surface area contributed by atoms with Crippen LogP contribution in [0, 0.1) is 0 Å². The van der Waals surface area contributed by atoms with E-state index in [1.54, 1.807) is 12.1 Å². The van der Waals surface area contributed by atoms with Gasteiger partial charge in [-0.25, -0.2) is 9.78 Å². The predicted octanol–water partition coefficient (Wildman–Crippen LogP) is 0.652. The Morgan fingerprint density at radius 2 is 2.32 bits per heavy atom. The topological polar surface area (TPSA) is 89.0 Å². The lowest BCUT2D eigenvalue weighted by molar-refractivity contribution is -0.0111. The van der Waals surface area contributed by atoms with Crippen LogP contribution in [0.1, 0.15) is 10.4 Å². The van der Waals surface area contributed by atoms with Crippen molar-refractivity contribution in [3.8, 4) is 5.88 Å². The van der Waals surface area contributed by atoms with Crippen molar-refractivity contribution in [2.75, 3.05) is 26.8 Å². The summed E-state index contributed by atoms with van der Waals surface area (Å²) < 4.78 is 10.2. The third kappa shape index (κ3) is 3.00. The lowest BCUT2D eigenvalue weighted by Crippen LogP contribution is -2.48. The van der Waals surface area contributed by atoms with Crippen LogP contribution in [0.25, 0.3) is 0 Å². The molecule has 7 nitrogen and oxygen atoms in total. The van der Waals surface area contributed by atoms with Crippen LogP contribution < -0.4 is 4.74 Å². The normalized spacial score (nSPS) is 19.0. The first-order chi connectivity index (χ1) is 9.11. The van der Waals surface area contributed by atoms with E-state index in [0.717, 1.165) is 0 Å². The van der Waals surface area contributed by atoms with Crippen molar-refractivity contribution >= 4 is 11.9 Å². The SMILES string of the molecule is COc1ccc(C(=O)[C@@H]2CN(C(=O)O)CCO2)cn1. The number of hydrogen-bond donors (Lipinski definition) is 1. The van der Waals surface area contributed by atoms with E-state index in [-0.39, 0.29) is 25.5 Å². The second kappa shape index (κ2) is 5.66. The van der Waals surface area contributed by atoms with E-state index < -0.39 is 12.2 Å². The molecule has 1 fully saturated rings. The van der Waals surface area contributed by atoms with Crippen molar-refractivity contribution in [2.45, 2.75) is 6.10 Å². The number of carboxylic acid groups (broad SMARTS) is 1. The van der Waals surface area contributed by atoms with Crippen LogP contribution in [0.4, 0.5) is 4.79 Å². The summed E-state index contributed by atoms with van der Waals surface area (Å²) in [5.41, 5.74) is 0.373. The summed E-state index contributed by atoms with van der Waals surface area (Å²) in [5, 5.41) is 8.91. The van der Waals surface area contributed by atoms with Gasteiger partial charge in [0, 0.05) is 24.4 Å². The molecule has 0 aromatic carbocycles. The molecule has 1 aromatic rings. The van der Waals surface area contributed by atoms with Crippen molar-refractivity contribution in [3.05, 3.63) is 23.9 Å². The Balaban J connectivity index is 2.07. The molecule has 0 bridgehead atoms. The molecule has 102 valence electrons. The van der Waals surface area contributed by atoms with Gasteiger partial charge < -0.3 is 19.5 Å². The van der Waals surface area contributed by atoms with E-state index in [0.29, 0.717) is 11.4 Å². The Bertz CT molecular complexity index is 474. The molecule has 1 amide bonds. The number of Topliss-reactive ketones (excluding diaryl/α,β-unsaturated/α-hetero) is 1. The Morgan fingerprint density at radius 3 is 2.89 bits per heavy atom. The number of carbonyl (C=O) groups is 2. The van der Waals surface area contributed by atoms with Gasteiger partial charge in [0.05, 0.1) is 20.3 Å². The van der Waals surface area contributed by atoms with Gasteiger partial charge in [0.15, 0.2) is 5.78 Å². The number of amides is 1. The maximum atomic E-state index is 12.1. The zero-order chi connectivity index (χ0) is 13.8. The summed E-state index contributed by atoms with van der Waals surface area (Å²) in [6, 6.07) is 3.16. The van der Waals surface area contributed by atoms with Crippen molar-refractivity contribution in [1.82, 2.24) is 9.88 Å². The summed E-state index contributed by atoms with van der Waals surface area (Å²) >= 11 is 0. The van der Waals surface area contributed by atoms with E-state index in [9.17, 15) is 9.59 Å². The van der Waals surface area contributed by atoms with E-state index >= 15 is 0 Å². The van der Waals surface area contributed by atoms with Crippen LogP contribution in [-0.2, 0) is 4.74 Å². The summed E-state index contributed by atoms with van der Waals surface area (Å²) in [6.07, 6.45) is -0.432. The molecule has 1 aromatic heterocycles. The first kappa shape index (κ1) is 13.3. The van der Waals surface area contributed by atoms with E-state index in [2.05, 4.69) is 4.98 Å². The number of nitrogens with zero attached hydrogens (tertiary/aromatic N) is 2. The standard InChI is InChI=1S/C12H14N2O5/c1-18-10-3-2-8(6-13-10)11(15)9-7-14(12(16)17)4-5-19-9/h2-3,6,9H,4-5,7H2,1H3,(H,16,17)/t9-/m0/s1. The zero-order valence-corrected chi connectivity index (χ0v) is 10.4. The van der Waals surface area contributed by atoms with Gasteiger partial charge in [-0.15, -0.1) is 0 Å². The molecule has 1 aliphatic heterocycles. The molecule has 2 rings (SSSR count). The highest BCUT2D eigenvalue weighted by molar-refractivity contribution is 5.99. The van der Waals surface area contributed by atoms with E-state index in [1.807, 2.05) is 0 Å². The third-order valence-electron chi connectivity index (χ3n) is 2.86. The minimum absolute atomic E-state index is 0.0419. The Labute approximate surface area is 109 Å². The second-order valence-electron chi connectivity index (χ2n) is 4.04. The maximum Gasteiger partial charge on any atom is 0.407 e. The number of ketones is 1. The lowest BCUT2D eigenvalue weighted by Gasteiger charge is -2.30. The van der Waals surface area contributed by atoms with Crippen LogP contribution in [0.3, 0.4) is 0 Å². The number of rotatable bonds is 3. The molecule has 7 heteroatoms. The van der Waals surface area contributed by atoms with Gasteiger partial charge in [0.1, 0.15) is 6.10 Å². The highest BCUT2D eigenvalue weighted by atomic mass is 16.5. The third-order valence-corrected chi connectivity index (χ3v) is 2.86. The molecular formula is C12H14N2O5. The Kier molecular flexibility index (Phi) is 3.96. The fraction of sp³-hybridized carbons (Fsp3) is 0.417. The molecule has 0 aliphatic carbocycles. The van der Waals surface area contributed by atoms with Crippen LogP contribution in [0.15, 0.2) is 18.3 Å². The van der Waals surface area contributed by atoms with Gasteiger partial charge in [-0.05, 0) is 6.07 Å². The Hall–Kier alpha value is -2.15. The molecule has 0 radical (unpaired) electrons. The average molecular weight is 266 g/mol. The minimum Gasteiger partial charge on any atom is -0.481 e. The maximum absolute atomic E-state index is 12.1. The summed E-state index contributed by atoms with van der Waals surface area (Å²) in [7, 11) is 1.48. The van der Waals surface area contributed by atoms with Gasteiger partial charge in [-0.1, -0.05) is 0 Å². The van der Waals surface area contributed by atoms with Gasteiger partial charge in [-0.2, -0.15) is 0 Å². The van der Waals surface area contributed by atoms with Crippen molar-refractivity contribution in [3.63, 3.8) is 0 Å². The summed E-state index contributed by atoms with van der Waals surface area (Å²) in [6.45, 7) is 0.534. The fourth-order valence-corrected chi connectivity index (χ4v) is 1.81. The van der Waals surface area contributed by atoms with Gasteiger partial charge in [0.2, 0.25) is 5.88 Å². The largest absolute Gasteiger partial charge is 0.481 e. The lowest BCUT2D eigenvalue weighted by atomic mass is 10.1. The number of pyridine rings is 1.